The minimum absolute atomic E-state index is 0.0955. The van der Waals surface area contributed by atoms with Crippen LogP contribution in [0.5, 0.6) is 0 Å². The summed E-state index contributed by atoms with van der Waals surface area (Å²) in [6, 6.07) is 0. The molecule has 0 aromatic heterocycles. The van der Waals surface area contributed by atoms with Crippen molar-refractivity contribution in [2.45, 2.75) is 25.7 Å². The zero-order valence-electron chi connectivity index (χ0n) is 6.14. The molecule has 1 aliphatic rings. The first-order valence-corrected chi connectivity index (χ1v) is 3.78. The molecule has 0 aromatic rings. The molecule has 2 nitrogen and oxygen atoms in total. The molecule has 0 bridgehead atoms. The summed E-state index contributed by atoms with van der Waals surface area (Å²) in [7, 11) is 0. The molecule has 1 saturated carbocycles. The van der Waals surface area contributed by atoms with E-state index in [0.717, 1.165) is 12.3 Å². The van der Waals surface area contributed by atoms with Crippen LogP contribution in [0.4, 0.5) is 0 Å². The van der Waals surface area contributed by atoms with E-state index in [1.165, 1.54) is 12.8 Å². The Hall–Kier alpha value is -0.530. The van der Waals surface area contributed by atoms with Crippen molar-refractivity contribution in [3.63, 3.8) is 0 Å². The summed E-state index contributed by atoms with van der Waals surface area (Å²) in [6.07, 6.45) is 4.20. The second kappa shape index (κ2) is 3.59. The van der Waals surface area contributed by atoms with Gasteiger partial charge in [0, 0.05) is 6.42 Å². The maximum absolute atomic E-state index is 10.7. The monoisotopic (exact) mass is 141 g/mol. The molecule has 2 heteroatoms. The summed E-state index contributed by atoms with van der Waals surface area (Å²) in [5.74, 6) is 0.722. The normalized spacial score (nSPS) is 16.9. The van der Waals surface area contributed by atoms with E-state index in [9.17, 15) is 4.79 Å². The van der Waals surface area contributed by atoms with Gasteiger partial charge in [-0.05, 0) is 19.3 Å². The lowest BCUT2D eigenvalue weighted by atomic mass is 10.2. The number of hydrogen-bond donors (Lipinski definition) is 0. The second-order valence-corrected chi connectivity index (χ2v) is 2.70. The van der Waals surface area contributed by atoms with Crippen LogP contribution in [0.15, 0.2) is 0 Å². The molecule has 10 heavy (non-hydrogen) atoms. The second-order valence-electron chi connectivity index (χ2n) is 2.70. The molecule has 1 aliphatic carbocycles. The Labute approximate surface area is 61.6 Å². The molecule has 0 spiro atoms. The van der Waals surface area contributed by atoms with Gasteiger partial charge in [-0.25, -0.2) is 0 Å². The quantitative estimate of drug-likeness (QED) is 0.555. The van der Waals surface area contributed by atoms with Crippen LogP contribution < -0.4 is 0 Å². The molecule has 0 aliphatic heterocycles. The van der Waals surface area contributed by atoms with Gasteiger partial charge in [0.2, 0.25) is 0 Å². The Morgan fingerprint density at radius 2 is 2.30 bits per heavy atom. The van der Waals surface area contributed by atoms with Crippen molar-refractivity contribution in [3.05, 3.63) is 6.92 Å². The van der Waals surface area contributed by atoms with Gasteiger partial charge >= 0.3 is 5.97 Å². The molecule has 0 unspecified atom stereocenters. The van der Waals surface area contributed by atoms with E-state index < -0.39 is 0 Å². The van der Waals surface area contributed by atoms with Crippen LogP contribution in [0.3, 0.4) is 0 Å². The van der Waals surface area contributed by atoms with Gasteiger partial charge < -0.3 is 4.74 Å². The molecule has 0 amide bonds. The number of esters is 1. The molecule has 0 N–H and O–H groups in total. The highest BCUT2D eigenvalue weighted by molar-refractivity contribution is 5.69. The van der Waals surface area contributed by atoms with Gasteiger partial charge in [0.05, 0.1) is 6.61 Å². The van der Waals surface area contributed by atoms with Crippen LogP contribution in [0, 0.1) is 12.8 Å². The van der Waals surface area contributed by atoms with E-state index >= 15 is 0 Å². The Balaban J connectivity index is 1.94. The van der Waals surface area contributed by atoms with Crippen molar-refractivity contribution in [1.82, 2.24) is 0 Å². The summed E-state index contributed by atoms with van der Waals surface area (Å²) in [5.41, 5.74) is 0. The molecule has 0 aromatic carbocycles. The smallest absolute Gasteiger partial charge is 0.305 e. The first kappa shape index (κ1) is 7.58. The summed E-state index contributed by atoms with van der Waals surface area (Å²) in [4.78, 5) is 10.7. The van der Waals surface area contributed by atoms with E-state index in [1.807, 2.05) is 0 Å². The van der Waals surface area contributed by atoms with Crippen LogP contribution in [0.1, 0.15) is 25.7 Å². The zero-order valence-corrected chi connectivity index (χ0v) is 6.14. The average Bonchev–Trinajstić information content (AvgIpc) is 2.67. The zero-order chi connectivity index (χ0) is 7.40. The topological polar surface area (TPSA) is 26.3 Å². The van der Waals surface area contributed by atoms with E-state index in [2.05, 4.69) is 11.7 Å². The Morgan fingerprint density at radius 3 is 2.80 bits per heavy atom. The lowest BCUT2D eigenvalue weighted by molar-refractivity contribution is -0.142. The molecule has 57 valence electrons. The van der Waals surface area contributed by atoms with E-state index in [4.69, 9.17) is 0 Å². The lowest BCUT2D eigenvalue weighted by Gasteiger charge is -1.98. The first-order chi connectivity index (χ1) is 4.83. The number of carbonyl (C=O) groups excluding carboxylic acids is 1. The van der Waals surface area contributed by atoms with Crippen LogP contribution in [-0.4, -0.2) is 12.6 Å². The van der Waals surface area contributed by atoms with Gasteiger partial charge in [-0.1, -0.05) is 12.8 Å². The van der Waals surface area contributed by atoms with Gasteiger partial charge in [-0.15, -0.1) is 0 Å². The minimum atomic E-state index is -0.0955. The van der Waals surface area contributed by atoms with Crippen molar-refractivity contribution in [2.75, 3.05) is 6.61 Å². The Kier molecular flexibility index (Phi) is 2.72. The molecule has 0 saturated heterocycles. The Bertz CT molecular complexity index is 116. The standard InChI is InChI=1S/C8H13O2/c1-2-10-8(9)6-5-7-3-4-7/h7H,1-6H2. The van der Waals surface area contributed by atoms with Crippen molar-refractivity contribution < 1.29 is 9.53 Å². The highest BCUT2D eigenvalue weighted by atomic mass is 16.5. The number of carbonyl (C=O) groups is 1. The predicted molar refractivity (Wildman–Crippen MR) is 38.3 cm³/mol. The maximum atomic E-state index is 10.7. The fourth-order valence-corrected chi connectivity index (χ4v) is 0.915. The SMILES string of the molecule is [CH2]COC(=O)CCC1CC1. The highest BCUT2D eigenvalue weighted by Crippen LogP contribution is 2.33. The first-order valence-electron chi connectivity index (χ1n) is 3.78. The number of ether oxygens (including phenoxy) is 1. The molecule has 1 radical (unpaired) electrons. The van der Waals surface area contributed by atoms with Crippen LogP contribution in [0.25, 0.3) is 0 Å². The molecular formula is C8H13O2. The van der Waals surface area contributed by atoms with E-state index in [-0.39, 0.29) is 12.6 Å². The summed E-state index contributed by atoms with van der Waals surface area (Å²) >= 11 is 0. The molecule has 0 heterocycles. The average molecular weight is 141 g/mol. The molecular weight excluding hydrogens is 128 g/mol. The fraction of sp³-hybridized carbons (Fsp3) is 0.750. The van der Waals surface area contributed by atoms with Crippen LogP contribution >= 0.6 is 0 Å². The van der Waals surface area contributed by atoms with Crippen molar-refractivity contribution >= 4 is 5.97 Å². The van der Waals surface area contributed by atoms with Gasteiger partial charge in [-0.2, -0.15) is 0 Å². The number of hydrogen-bond acceptors (Lipinski definition) is 2. The van der Waals surface area contributed by atoms with Gasteiger partial charge in [-0.3, -0.25) is 4.79 Å². The molecule has 1 fully saturated rings. The summed E-state index contributed by atoms with van der Waals surface area (Å²) < 4.78 is 4.67. The van der Waals surface area contributed by atoms with Crippen molar-refractivity contribution in [2.24, 2.45) is 5.92 Å². The third-order valence-electron chi connectivity index (χ3n) is 1.72. The predicted octanol–water partition coefficient (Wildman–Crippen LogP) is 1.55. The number of rotatable bonds is 4. The molecule has 0 atom stereocenters. The third-order valence-corrected chi connectivity index (χ3v) is 1.72. The minimum Gasteiger partial charge on any atom is -0.466 e. The van der Waals surface area contributed by atoms with E-state index in [1.54, 1.807) is 0 Å². The maximum Gasteiger partial charge on any atom is 0.305 e. The third kappa shape index (κ3) is 2.85. The van der Waals surface area contributed by atoms with Crippen LogP contribution in [0.2, 0.25) is 0 Å². The van der Waals surface area contributed by atoms with E-state index in [0.29, 0.717) is 6.42 Å². The van der Waals surface area contributed by atoms with Gasteiger partial charge in [0.1, 0.15) is 0 Å². The van der Waals surface area contributed by atoms with Gasteiger partial charge in [0.15, 0.2) is 0 Å². The summed E-state index contributed by atoms with van der Waals surface area (Å²) in [5, 5.41) is 0. The van der Waals surface area contributed by atoms with Gasteiger partial charge in [0.25, 0.3) is 0 Å². The van der Waals surface area contributed by atoms with Crippen molar-refractivity contribution in [3.8, 4) is 0 Å². The van der Waals surface area contributed by atoms with Crippen LogP contribution in [-0.2, 0) is 9.53 Å². The van der Waals surface area contributed by atoms with Crippen molar-refractivity contribution in [1.29, 1.82) is 0 Å². The summed E-state index contributed by atoms with van der Waals surface area (Å²) in [6.45, 7) is 3.69. The fourth-order valence-electron chi connectivity index (χ4n) is 0.915. The lowest BCUT2D eigenvalue weighted by Crippen LogP contribution is -2.03. The highest BCUT2D eigenvalue weighted by Gasteiger charge is 2.21. The molecule has 1 rings (SSSR count). The largest absolute Gasteiger partial charge is 0.466 e. The Morgan fingerprint density at radius 1 is 1.60 bits per heavy atom.